The minimum atomic E-state index is -1.93. The number of rotatable bonds is 0. The number of aromatic nitrogens is 1. The SMILES string of the molecule is [2H]C1([2H])COCc2cccc(n2)COCC([2H])([2H])OCCOCCO1. The molecule has 2 rings (SSSR count). The fourth-order valence-electron chi connectivity index (χ4n) is 1.62. The van der Waals surface area contributed by atoms with Gasteiger partial charge in [0.05, 0.1) is 82.8 Å². The fourth-order valence-corrected chi connectivity index (χ4v) is 1.62. The van der Waals surface area contributed by atoms with Crippen LogP contribution < -0.4 is 0 Å². The first kappa shape index (κ1) is 11.5. The topological polar surface area (TPSA) is 59.0 Å². The summed E-state index contributed by atoms with van der Waals surface area (Å²) in [6, 6.07) is 5.30. The van der Waals surface area contributed by atoms with Gasteiger partial charge in [-0.1, -0.05) is 6.07 Å². The van der Waals surface area contributed by atoms with Gasteiger partial charge >= 0.3 is 0 Å². The van der Waals surface area contributed by atoms with Crippen molar-refractivity contribution in [3.8, 4) is 0 Å². The lowest BCUT2D eigenvalue weighted by molar-refractivity contribution is -0.0152. The van der Waals surface area contributed by atoms with Crippen LogP contribution in [0.25, 0.3) is 0 Å². The minimum absolute atomic E-state index is 0.0557. The molecule has 1 aliphatic heterocycles. The van der Waals surface area contributed by atoms with Crippen LogP contribution in [0, 0.1) is 0 Å². The molecule has 0 amide bonds. The Morgan fingerprint density at radius 2 is 1.24 bits per heavy atom. The van der Waals surface area contributed by atoms with E-state index in [1.807, 2.05) is 0 Å². The third-order valence-corrected chi connectivity index (χ3v) is 2.55. The predicted octanol–water partition coefficient (Wildman–Crippen LogP) is 1.18. The molecule has 0 spiro atoms. The lowest BCUT2D eigenvalue weighted by atomic mass is 10.3. The van der Waals surface area contributed by atoms with Gasteiger partial charge < -0.3 is 23.7 Å². The van der Waals surface area contributed by atoms with Gasteiger partial charge in [0.15, 0.2) is 0 Å². The van der Waals surface area contributed by atoms with Crippen LogP contribution in [0.4, 0.5) is 0 Å². The summed E-state index contributed by atoms with van der Waals surface area (Å²) in [6.07, 6.45) is 0. The highest BCUT2D eigenvalue weighted by molar-refractivity contribution is 5.09. The summed E-state index contributed by atoms with van der Waals surface area (Å²) < 4.78 is 57.0. The Bertz CT molecular complexity index is 491. The van der Waals surface area contributed by atoms with E-state index in [1.54, 1.807) is 18.2 Å². The standard InChI is InChI=1S/C15H23NO5/c1-2-14-12-20-10-8-18-6-4-17-5-7-19-9-11-21-13-15(3-1)16-14/h1-3H,4-13H2/i8D2,9D2. The van der Waals surface area contributed by atoms with Crippen LogP contribution in [-0.2, 0) is 36.9 Å². The summed E-state index contributed by atoms with van der Waals surface area (Å²) in [7, 11) is 0. The van der Waals surface area contributed by atoms with E-state index in [0.29, 0.717) is 11.4 Å². The van der Waals surface area contributed by atoms with Crippen LogP contribution in [0.15, 0.2) is 18.2 Å². The monoisotopic (exact) mass is 301 g/mol. The van der Waals surface area contributed by atoms with Crippen molar-refractivity contribution in [1.29, 1.82) is 0 Å². The second kappa shape index (κ2) is 10.6. The van der Waals surface area contributed by atoms with E-state index < -0.39 is 13.1 Å². The van der Waals surface area contributed by atoms with Gasteiger partial charge in [-0.25, -0.2) is 0 Å². The van der Waals surface area contributed by atoms with Crippen LogP contribution in [0.5, 0.6) is 0 Å². The molecule has 6 nitrogen and oxygen atoms in total. The van der Waals surface area contributed by atoms with Crippen molar-refractivity contribution >= 4 is 0 Å². The highest BCUT2D eigenvalue weighted by Gasteiger charge is 2.00. The van der Waals surface area contributed by atoms with Gasteiger partial charge in [-0.15, -0.1) is 0 Å². The zero-order valence-corrected chi connectivity index (χ0v) is 11.9. The summed E-state index contributed by atoms with van der Waals surface area (Å²) in [5.41, 5.74) is 1.25. The highest BCUT2D eigenvalue weighted by atomic mass is 16.6. The van der Waals surface area contributed by atoms with E-state index in [0.717, 1.165) is 0 Å². The highest BCUT2D eigenvalue weighted by Crippen LogP contribution is 2.03. The van der Waals surface area contributed by atoms with Gasteiger partial charge in [-0.3, -0.25) is 4.98 Å². The smallest absolute Gasteiger partial charge is 0.0889 e. The first-order valence-corrected chi connectivity index (χ1v) is 6.82. The molecule has 0 saturated carbocycles. The van der Waals surface area contributed by atoms with E-state index in [2.05, 4.69) is 4.98 Å². The van der Waals surface area contributed by atoms with Crippen LogP contribution in [0.2, 0.25) is 0 Å². The maximum absolute atomic E-state index is 7.73. The van der Waals surface area contributed by atoms with Crippen molar-refractivity contribution in [2.75, 3.05) is 52.8 Å². The maximum atomic E-state index is 7.73. The Morgan fingerprint density at radius 3 is 1.81 bits per heavy atom. The second-order valence-corrected chi connectivity index (χ2v) is 4.20. The molecule has 1 aliphatic rings. The van der Waals surface area contributed by atoms with Crippen LogP contribution in [-0.4, -0.2) is 57.7 Å². The van der Waals surface area contributed by atoms with Crippen molar-refractivity contribution in [2.45, 2.75) is 13.2 Å². The molecule has 118 valence electrons. The van der Waals surface area contributed by atoms with Gasteiger partial charge in [-0.2, -0.15) is 0 Å². The average Bonchev–Trinajstić information content (AvgIpc) is 2.53. The van der Waals surface area contributed by atoms with Gasteiger partial charge in [0.25, 0.3) is 0 Å². The molecule has 21 heavy (non-hydrogen) atoms. The first-order valence-electron chi connectivity index (χ1n) is 8.82. The molecule has 1 aromatic heterocycles. The molecule has 0 fully saturated rings. The van der Waals surface area contributed by atoms with Crippen molar-refractivity contribution in [3.63, 3.8) is 0 Å². The molecular weight excluding hydrogens is 274 g/mol. The van der Waals surface area contributed by atoms with Gasteiger partial charge in [0.1, 0.15) is 0 Å². The van der Waals surface area contributed by atoms with E-state index in [-0.39, 0.29) is 52.9 Å². The Kier molecular flexibility index (Phi) is 5.83. The molecule has 0 radical (unpaired) electrons. The van der Waals surface area contributed by atoms with Crippen LogP contribution >= 0.6 is 0 Å². The fraction of sp³-hybridized carbons (Fsp3) is 0.667. The summed E-state index contributed by atoms with van der Waals surface area (Å²) in [5, 5.41) is 0. The number of hydrogen-bond donors (Lipinski definition) is 0. The maximum Gasteiger partial charge on any atom is 0.0889 e. The molecule has 0 aliphatic carbocycles. The number of pyridine rings is 1. The van der Waals surface area contributed by atoms with E-state index in [1.165, 1.54) is 0 Å². The molecule has 2 heterocycles. The van der Waals surface area contributed by atoms with Crippen molar-refractivity contribution < 1.29 is 29.2 Å². The number of hydrogen-bond acceptors (Lipinski definition) is 6. The predicted molar refractivity (Wildman–Crippen MR) is 76.0 cm³/mol. The molecule has 6 heteroatoms. The lowest BCUT2D eigenvalue weighted by Gasteiger charge is -2.09. The number of nitrogens with zero attached hydrogens (tertiary/aromatic N) is 1. The van der Waals surface area contributed by atoms with Crippen molar-refractivity contribution in [2.24, 2.45) is 0 Å². The molecule has 0 aromatic carbocycles. The zero-order valence-electron chi connectivity index (χ0n) is 15.9. The minimum Gasteiger partial charge on any atom is -0.377 e. The summed E-state index contributed by atoms with van der Waals surface area (Å²) in [6.45, 7) is -3.57. The number of ether oxygens (including phenoxy) is 5. The van der Waals surface area contributed by atoms with E-state index in [4.69, 9.17) is 29.2 Å². The Morgan fingerprint density at radius 1 is 0.714 bits per heavy atom. The Balaban J connectivity index is 1.97. The molecular formula is C15H23NO5. The summed E-state index contributed by atoms with van der Waals surface area (Å²) in [5.74, 6) is 0. The second-order valence-electron chi connectivity index (χ2n) is 4.20. The first-order chi connectivity index (χ1) is 11.9. The van der Waals surface area contributed by atoms with Gasteiger partial charge in [0.2, 0.25) is 0 Å². The zero-order chi connectivity index (χ0) is 18.2. The third-order valence-electron chi connectivity index (χ3n) is 2.55. The largest absolute Gasteiger partial charge is 0.377 e. The molecule has 1 aromatic rings. The Hall–Kier alpha value is -1.05. The quantitative estimate of drug-likeness (QED) is 0.717. The van der Waals surface area contributed by atoms with Gasteiger partial charge in [0, 0.05) is 0 Å². The Labute approximate surface area is 130 Å². The van der Waals surface area contributed by atoms with E-state index in [9.17, 15) is 0 Å². The normalized spacial score (nSPS) is 28.0. The summed E-state index contributed by atoms with van der Waals surface area (Å²) >= 11 is 0. The average molecular weight is 301 g/mol. The van der Waals surface area contributed by atoms with E-state index >= 15 is 0 Å². The molecule has 0 saturated heterocycles. The van der Waals surface area contributed by atoms with Gasteiger partial charge in [-0.05, 0) is 12.1 Å². The molecule has 2 bridgehead atoms. The van der Waals surface area contributed by atoms with Crippen LogP contribution in [0.3, 0.4) is 0 Å². The third kappa shape index (κ3) is 7.50. The lowest BCUT2D eigenvalue weighted by Crippen LogP contribution is -2.14. The van der Waals surface area contributed by atoms with Crippen LogP contribution in [0.1, 0.15) is 16.9 Å². The summed E-state index contributed by atoms with van der Waals surface area (Å²) in [4.78, 5) is 4.33. The molecule has 0 atom stereocenters. The van der Waals surface area contributed by atoms with Crippen molar-refractivity contribution in [1.82, 2.24) is 4.98 Å². The number of fused-ring (bicyclic) bond motifs is 2. The van der Waals surface area contributed by atoms with Crippen molar-refractivity contribution in [3.05, 3.63) is 29.6 Å². The molecule has 0 unspecified atom stereocenters. The molecule has 0 N–H and O–H groups in total.